The Morgan fingerprint density at radius 1 is 1.31 bits per heavy atom. The van der Waals surface area contributed by atoms with E-state index in [9.17, 15) is 0 Å². The molecule has 4 heteroatoms. The number of thiophene rings is 1. The predicted octanol–water partition coefficient (Wildman–Crippen LogP) is 6.04. The molecular weight excluding hydrogens is 371 g/mol. The second kappa shape index (κ2) is 4.56. The summed E-state index contributed by atoms with van der Waals surface area (Å²) in [5.41, 5.74) is 0. The van der Waals surface area contributed by atoms with E-state index in [0.29, 0.717) is 4.83 Å². The highest BCUT2D eigenvalue weighted by atomic mass is 79.9. The Hall–Kier alpha value is 0.950. The van der Waals surface area contributed by atoms with Crippen LogP contribution in [0, 0.1) is 17.8 Å². The highest BCUT2D eigenvalue weighted by Gasteiger charge is 2.54. The van der Waals surface area contributed by atoms with Crippen molar-refractivity contribution in [2.24, 2.45) is 17.8 Å². The van der Waals surface area contributed by atoms with Crippen molar-refractivity contribution in [1.29, 1.82) is 0 Å². The van der Waals surface area contributed by atoms with Crippen molar-refractivity contribution in [2.75, 3.05) is 0 Å². The molecule has 2 fully saturated rings. The van der Waals surface area contributed by atoms with Crippen molar-refractivity contribution in [3.8, 4) is 0 Å². The molecule has 0 amide bonds. The molecule has 0 saturated heterocycles. The maximum Gasteiger partial charge on any atom is 0.0887 e. The Morgan fingerprint density at radius 2 is 1.94 bits per heavy atom. The molecule has 0 aromatic carbocycles. The lowest BCUT2D eigenvalue weighted by atomic mass is 10.0. The van der Waals surface area contributed by atoms with E-state index in [0.717, 1.165) is 26.6 Å². The summed E-state index contributed by atoms with van der Waals surface area (Å²) in [6, 6.07) is 2.11. The van der Waals surface area contributed by atoms with Gasteiger partial charge in [0.2, 0.25) is 0 Å². The monoisotopic (exact) mass is 382 g/mol. The quantitative estimate of drug-likeness (QED) is 0.546. The van der Waals surface area contributed by atoms with Crippen LogP contribution >= 0.6 is 54.8 Å². The van der Waals surface area contributed by atoms with E-state index in [1.54, 1.807) is 11.3 Å². The molecule has 3 rings (SSSR count). The summed E-state index contributed by atoms with van der Waals surface area (Å²) >= 11 is 15.2. The molecule has 2 aliphatic carbocycles. The molecule has 0 aliphatic heterocycles. The van der Waals surface area contributed by atoms with Gasteiger partial charge >= 0.3 is 0 Å². The van der Waals surface area contributed by atoms with Crippen LogP contribution in [0.15, 0.2) is 9.85 Å². The van der Waals surface area contributed by atoms with E-state index >= 15 is 0 Å². The molecule has 3 atom stereocenters. The Balaban J connectivity index is 1.76. The fraction of sp³-hybridized carbons (Fsp3) is 0.667. The normalized spacial score (nSPS) is 34.6. The molecule has 0 N–H and O–H groups in total. The van der Waals surface area contributed by atoms with E-state index in [4.69, 9.17) is 11.6 Å². The van der Waals surface area contributed by atoms with Crippen LogP contribution in [0.5, 0.6) is 0 Å². The second-order valence-corrected chi connectivity index (χ2v) is 8.66. The van der Waals surface area contributed by atoms with Crippen molar-refractivity contribution in [2.45, 2.75) is 30.5 Å². The van der Waals surface area contributed by atoms with E-state index in [1.165, 1.54) is 30.6 Å². The van der Waals surface area contributed by atoms with E-state index in [2.05, 4.69) is 37.9 Å². The minimum absolute atomic E-state index is 0.523. The number of hydrogen-bond acceptors (Lipinski definition) is 1. The zero-order valence-electron chi connectivity index (χ0n) is 8.76. The van der Waals surface area contributed by atoms with Crippen LogP contribution in [0.2, 0.25) is 5.02 Å². The third-order valence-electron chi connectivity index (χ3n) is 4.00. The third kappa shape index (κ3) is 2.02. The topological polar surface area (TPSA) is 0 Å². The Labute approximate surface area is 122 Å². The van der Waals surface area contributed by atoms with Crippen molar-refractivity contribution in [1.82, 2.24) is 0 Å². The molecule has 0 radical (unpaired) electrons. The van der Waals surface area contributed by atoms with Crippen LogP contribution < -0.4 is 0 Å². The first-order valence-corrected chi connectivity index (χ1v) is 8.67. The van der Waals surface area contributed by atoms with Crippen LogP contribution in [0.25, 0.3) is 0 Å². The Morgan fingerprint density at radius 3 is 2.44 bits per heavy atom. The summed E-state index contributed by atoms with van der Waals surface area (Å²) in [6.45, 7) is 0. The summed E-state index contributed by atoms with van der Waals surface area (Å²) in [5.74, 6) is 2.83. The van der Waals surface area contributed by atoms with Crippen molar-refractivity contribution < 1.29 is 0 Å². The van der Waals surface area contributed by atoms with Gasteiger partial charge in [0.1, 0.15) is 0 Å². The maximum absolute atomic E-state index is 6.09. The van der Waals surface area contributed by atoms with E-state index in [-0.39, 0.29) is 0 Å². The minimum atomic E-state index is 0.523. The smallest absolute Gasteiger partial charge is 0.0887 e. The lowest BCUT2D eigenvalue weighted by Crippen LogP contribution is -1.91. The average Bonchev–Trinajstić information content (AvgIpc) is 2.91. The van der Waals surface area contributed by atoms with E-state index < -0.39 is 0 Å². The first-order valence-electron chi connectivity index (χ1n) is 5.77. The van der Waals surface area contributed by atoms with Gasteiger partial charge in [-0.25, -0.2) is 0 Å². The van der Waals surface area contributed by atoms with Gasteiger partial charge in [-0.15, -0.1) is 11.3 Å². The standard InChI is InChI=1S/C12H13Br2ClS/c13-11(9-5-8(15)12(14)16-9)10-6-3-1-2-4-7(6)10/h5-7,10-11H,1-4H2. The average molecular weight is 385 g/mol. The highest BCUT2D eigenvalue weighted by Crippen LogP contribution is 2.63. The van der Waals surface area contributed by atoms with Crippen LogP contribution in [0.3, 0.4) is 0 Å². The molecule has 16 heavy (non-hydrogen) atoms. The fourth-order valence-corrected chi connectivity index (χ4v) is 6.15. The number of rotatable bonds is 2. The summed E-state index contributed by atoms with van der Waals surface area (Å²) in [7, 11) is 0. The van der Waals surface area contributed by atoms with Gasteiger partial charge in [-0.2, -0.15) is 0 Å². The van der Waals surface area contributed by atoms with Gasteiger partial charge in [-0.3, -0.25) is 0 Å². The van der Waals surface area contributed by atoms with Gasteiger partial charge in [0, 0.05) is 4.88 Å². The molecule has 0 bridgehead atoms. The number of fused-ring (bicyclic) bond motifs is 1. The Kier molecular flexibility index (Phi) is 3.42. The summed E-state index contributed by atoms with van der Waals surface area (Å²) < 4.78 is 1.07. The molecule has 1 aromatic heterocycles. The van der Waals surface area contributed by atoms with Crippen LogP contribution in [0.1, 0.15) is 35.4 Å². The molecule has 2 saturated carbocycles. The van der Waals surface area contributed by atoms with Gasteiger partial charge in [-0.1, -0.05) is 40.4 Å². The number of alkyl halides is 1. The molecule has 0 nitrogen and oxygen atoms in total. The molecule has 1 heterocycles. The van der Waals surface area contributed by atoms with E-state index in [1.807, 2.05) is 0 Å². The minimum Gasteiger partial charge on any atom is -0.130 e. The summed E-state index contributed by atoms with van der Waals surface area (Å²) in [5, 5.41) is 0.855. The van der Waals surface area contributed by atoms with Crippen molar-refractivity contribution in [3.05, 3.63) is 19.8 Å². The number of halogens is 3. The summed E-state index contributed by atoms with van der Waals surface area (Å²) in [6.07, 6.45) is 5.76. The fourth-order valence-electron chi connectivity index (χ4n) is 3.17. The zero-order valence-corrected chi connectivity index (χ0v) is 13.5. The molecule has 1 aromatic rings. The molecular formula is C12H13Br2ClS. The van der Waals surface area contributed by atoms with Crippen LogP contribution in [-0.4, -0.2) is 0 Å². The van der Waals surface area contributed by atoms with Crippen LogP contribution in [0.4, 0.5) is 0 Å². The second-order valence-electron chi connectivity index (χ2n) is 4.86. The predicted molar refractivity (Wildman–Crippen MR) is 77.6 cm³/mol. The van der Waals surface area contributed by atoms with Crippen molar-refractivity contribution >= 4 is 54.8 Å². The largest absolute Gasteiger partial charge is 0.130 e. The van der Waals surface area contributed by atoms with Gasteiger partial charge < -0.3 is 0 Å². The first-order chi connectivity index (χ1) is 7.68. The molecule has 88 valence electrons. The first kappa shape index (κ1) is 12.0. The molecule has 3 unspecified atom stereocenters. The highest BCUT2D eigenvalue weighted by molar-refractivity contribution is 9.11. The lowest BCUT2D eigenvalue weighted by molar-refractivity contribution is 0.480. The van der Waals surface area contributed by atoms with Crippen molar-refractivity contribution in [3.63, 3.8) is 0 Å². The maximum atomic E-state index is 6.09. The number of hydrogen-bond donors (Lipinski definition) is 0. The van der Waals surface area contributed by atoms with Gasteiger partial charge in [0.05, 0.1) is 13.6 Å². The zero-order chi connectivity index (χ0) is 11.3. The van der Waals surface area contributed by atoms with Gasteiger partial charge in [0.25, 0.3) is 0 Å². The Bertz CT molecular complexity index is 372. The van der Waals surface area contributed by atoms with Gasteiger partial charge in [0.15, 0.2) is 0 Å². The summed E-state index contributed by atoms with van der Waals surface area (Å²) in [4.78, 5) is 1.91. The van der Waals surface area contributed by atoms with Crippen LogP contribution in [-0.2, 0) is 0 Å². The van der Waals surface area contributed by atoms with Gasteiger partial charge in [-0.05, 0) is 52.6 Å². The molecule has 2 aliphatic rings. The SMILES string of the molecule is Clc1cc(C(Br)C2C3CCCCC32)sc1Br. The lowest BCUT2D eigenvalue weighted by Gasteiger charge is -2.05. The molecule has 0 spiro atoms. The third-order valence-corrected chi connectivity index (χ3v) is 7.96.